The highest BCUT2D eigenvalue weighted by molar-refractivity contribution is 6.30. The summed E-state index contributed by atoms with van der Waals surface area (Å²) < 4.78 is 5.18. The summed E-state index contributed by atoms with van der Waals surface area (Å²) in [5.41, 5.74) is 0.247. The predicted molar refractivity (Wildman–Crippen MR) is 73.6 cm³/mol. The summed E-state index contributed by atoms with van der Waals surface area (Å²) in [6.45, 7) is 2.66. The summed E-state index contributed by atoms with van der Waals surface area (Å²) in [6, 6.07) is 3.08. The van der Waals surface area contributed by atoms with E-state index in [0.717, 1.165) is 0 Å². The Morgan fingerprint density at radius 1 is 1.40 bits per heavy atom. The molecule has 1 N–H and O–H groups in total. The Hall–Kier alpha value is -1.66. The van der Waals surface area contributed by atoms with Crippen molar-refractivity contribution < 1.29 is 14.3 Å². The van der Waals surface area contributed by atoms with Crippen LogP contribution in [0.5, 0.6) is 0 Å². The minimum atomic E-state index is -0.331. The smallest absolute Gasteiger partial charge is 0.269 e. The maximum absolute atomic E-state index is 11.9. The van der Waals surface area contributed by atoms with Gasteiger partial charge in [0.15, 0.2) is 0 Å². The molecule has 6 nitrogen and oxygen atoms in total. The molecule has 1 saturated heterocycles. The molecule has 1 aromatic rings. The Kier molecular flexibility index (Phi) is 5.31. The van der Waals surface area contributed by atoms with Crippen molar-refractivity contribution >= 4 is 23.4 Å². The standard InChI is InChI=1S/C13H16ClN3O3/c14-10-1-3-15-11(9-10)13(19)16-4-2-12(18)17-5-7-20-8-6-17/h1,3,9H,2,4-8H2,(H,16,19). The highest BCUT2D eigenvalue weighted by Gasteiger charge is 2.16. The van der Waals surface area contributed by atoms with E-state index < -0.39 is 0 Å². The van der Waals surface area contributed by atoms with Crippen LogP contribution in [0.4, 0.5) is 0 Å². The molecule has 2 rings (SSSR count). The molecule has 108 valence electrons. The van der Waals surface area contributed by atoms with Gasteiger partial charge in [0.2, 0.25) is 5.91 Å². The number of rotatable bonds is 4. The molecule has 0 atom stereocenters. The lowest BCUT2D eigenvalue weighted by Crippen LogP contribution is -2.42. The van der Waals surface area contributed by atoms with E-state index in [4.69, 9.17) is 16.3 Å². The number of nitrogens with zero attached hydrogens (tertiary/aromatic N) is 2. The van der Waals surface area contributed by atoms with Gasteiger partial charge in [-0.3, -0.25) is 14.6 Å². The fourth-order valence-corrected chi connectivity index (χ4v) is 2.03. The van der Waals surface area contributed by atoms with E-state index in [2.05, 4.69) is 10.3 Å². The van der Waals surface area contributed by atoms with Crippen LogP contribution in [0, 0.1) is 0 Å². The molecule has 0 radical (unpaired) electrons. The van der Waals surface area contributed by atoms with Crippen LogP contribution in [0.15, 0.2) is 18.3 Å². The van der Waals surface area contributed by atoms with E-state index in [1.807, 2.05) is 0 Å². The van der Waals surface area contributed by atoms with E-state index >= 15 is 0 Å². The van der Waals surface area contributed by atoms with E-state index in [1.54, 1.807) is 11.0 Å². The molecule has 0 spiro atoms. The quantitative estimate of drug-likeness (QED) is 0.888. The van der Waals surface area contributed by atoms with Crippen molar-refractivity contribution in [2.75, 3.05) is 32.8 Å². The van der Waals surface area contributed by atoms with Crippen molar-refractivity contribution in [3.05, 3.63) is 29.0 Å². The Morgan fingerprint density at radius 3 is 2.85 bits per heavy atom. The highest BCUT2D eigenvalue weighted by atomic mass is 35.5. The SMILES string of the molecule is O=C(NCCC(=O)N1CCOCC1)c1cc(Cl)ccn1. The third kappa shape index (κ3) is 4.18. The first-order valence-corrected chi connectivity index (χ1v) is 6.80. The van der Waals surface area contributed by atoms with Gasteiger partial charge in [0.05, 0.1) is 13.2 Å². The number of pyridine rings is 1. The van der Waals surface area contributed by atoms with E-state index in [-0.39, 0.29) is 30.5 Å². The minimum absolute atomic E-state index is 0.0210. The summed E-state index contributed by atoms with van der Waals surface area (Å²) in [4.78, 5) is 29.3. The average molecular weight is 298 g/mol. The van der Waals surface area contributed by atoms with Crippen LogP contribution in [0.1, 0.15) is 16.9 Å². The number of amides is 2. The average Bonchev–Trinajstić information content (AvgIpc) is 2.48. The first-order chi connectivity index (χ1) is 9.66. The maximum Gasteiger partial charge on any atom is 0.269 e. The van der Waals surface area contributed by atoms with Crippen LogP contribution in [-0.2, 0) is 9.53 Å². The lowest BCUT2D eigenvalue weighted by Gasteiger charge is -2.26. The van der Waals surface area contributed by atoms with E-state index in [9.17, 15) is 9.59 Å². The van der Waals surface area contributed by atoms with Crippen molar-refractivity contribution in [2.24, 2.45) is 0 Å². The van der Waals surface area contributed by atoms with Gasteiger partial charge in [-0.1, -0.05) is 11.6 Å². The second kappa shape index (κ2) is 7.21. The van der Waals surface area contributed by atoms with Crippen molar-refractivity contribution in [1.29, 1.82) is 0 Å². The molecule has 20 heavy (non-hydrogen) atoms. The fraction of sp³-hybridized carbons (Fsp3) is 0.462. The summed E-state index contributed by atoms with van der Waals surface area (Å²) in [5.74, 6) is -0.310. The highest BCUT2D eigenvalue weighted by Crippen LogP contribution is 2.07. The lowest BCUT2D eigenvalue weighted by molar-refractivity contribution is -0.135. The largest absolute Gasteiger partial charge is 0.378 e. The Bertz CT molecular complexity index is 490. The van der Waals surface area contributed by atoms with E-state index in [1.165, 1.54) is 12.3 Å². The summed E-state index contributed by atoms with van der Waals surface area (Å²) >= 11 is 5.78. The molecule has 0 aromatic carbocycles. The number of ether oxygens (including phenoxy) is 1. The third-order valence-corrected chi connectivity index (χ3v) is 3.18. The van der Waals surface area contributed by atoms with Crippen LogP contribution >= 0.6 is 11.6 Å². The molecule has 1 aliphatic rings. The van der Waals surface area contributed by atoms with Gasteiger partial charge in [0.1, 0.15) is 5.69 Å². The number of aromatic nitrogens is 1. The summed E-state index contributed by atoms with van der Waals surface area (Å²) in [7, 11) is 0. The Morgan fingerprint density at radius 2 is 2.15 bits per heavy atom. The maximum atomic E-state index is 11.9. The topological polar surface area (TPSA) is 71.5 Å². The molecule has 0 bridgehead atoms. The molecule has 2 amide bonds. The molecule has 0 saturated carbocycles. The minimum Gasteiger partial charge on any atom is -0.378 e. The van der Waals surface area contributed by atoms with Crippen molar-refractivity contribution in [3.8, 4) is 0 Å². The molecular weight excluding hydrogens is 282 g/mol. The zero-order valence-corrected chi connectivity index (χ0v) is 11.7. The second-order valence-electron chi connectivity index (χ2n) is 4.36. The van der Waals surface area contributed by atoms with Gasteiger partial charge in [0, 0.05) is 37.3 Å². The first kappa shape index (κ1) is 14.7. The molecule has 1 aliphatic heterocycles. The number of carbonyl (C=O) groups is 2. The molecule has 7 heteroatoms. The molecular formula is C13H16ClN3O3. The van der Waals surface area contributed by atoms with Gasteiger partial charge in [-0.05, 0) is 12.1 Å². The van der Waals surface area contributed by atoms with Crippen molar-refractivity contribution in [1.82, 2.24) is 15.2 Å². The fourth-order valence-electron chi connectivity index (χ4n) is 1.87. The number of hydrogen-bond donors (Lipinski definition) is 1. The molecule has 0 aliphatic carbocycles. The van der Waals surface area contributed by atoms with Crippen LogP contribution in [0.3, 0.4) is 0 Å². The predicted octanol–water partition coefficient (Wildman–Crippen LogP) is 0.714. The van der Waals surface area contributed by atoms with Crippen LogP contribution in [0.25, 0.3) is 0 Å². The number of morpholine rings is 1. The summed E-state index contributed by atoms with van der Waals surface area (Å²) in [6.07, 6.45) is 1.74. The zero-order chi connectivity index (χ0) is 14.4. The summed E-state index contributed by atoms with van der Waals surface area (Å²) in [5, 5.41) is 3.11. The Balaban J connectivity index is 1.75. The zero-order valence-electron chi connectivity index (χ0n) is 11.0. The number of carbonyl (C=O) groups excluding carboxylic acids is 2. The van der Waals surface area contributed by atoms with Gasteiger partial charge >= 0.3 is 0 Å². The van der Waals surface area contributed by atoms with Gasteiger partial charge in [-0.15, -0.1) is 0 Å². The molecule has 1 aromatic heterocycles. The number of halogens is 1. The van der Waals surface area contributed by atoms with Crippen LogP contribution in [0.2, 0.25) is 5.02 Å². The second-order valence-corrected chi connectivity index (χ2v) is 4.79. The van der Waals surface area contributed by atoms with Gasteiger partial charge in [-0.2, -0.15) is 0 Å². The van der Waals surface area contributed by atoms with Crippen molar-refractivity contribution in [2.45, 2.75) is 6.42 Å². The molecule has 0 unspecified atom stereocenters. The van der Waals surface area contributed by atoms with Crippen LogP contribution < -0.4 is 5.32 Å². The van der Waals surface area contributed by atoms with Gasteiger partial charge < -0.3 is 15.0 Å². The monoisotopic (exact) mass is 297 g/mol. The van der Waals surface area contributed by atoms with Crippen LogP contribution in [-0.4, -0.2) is 54.5 Å². The molecule has 1 fully saturated rings. The number of hydrogen-bond acceptors (Lipinski definition) is 4. The van der Waals surface area contributed by atoms with Gasteiger partial charge in [-0.25, -0.2) is 0 Å². The first-order valence-electron chi connectivity index (χ1n) is 6.42. The van der Waals surface area contributed by atoms with Gasteiger partial charge in [0.25, 0.3) is 5.91 Å². The lowest BCUT2D eigenvalue weighted by atomic mass is 10.3. The van der Waals surface area contributed by atoms with E-state index in [0.29, 0.717) is 31.3 Å². The normalized spacial score (nSPS) is 14.9. The molecule has 2 heterocycles. The Labute approximate surface area is 122 Å². The van der Waals surface area contributed by atoms with Crippen molar-refractivity contribution in [3.63, 3.8) is 0 Å². The third-order valence-electron chi connectivity index (χ3n) is 2.94. The number of nitrogens with one attached hydrogen (secondary N) is 1.